The first-order valence-corrected chi connectivity index (χ1v) is 12.0. The third-order valence-electron chi connectivity index (χ3n) is 6.51. The Morgan fingerprint density at radius 3 is 2.65 bits per heavy atom. The van der Waals surface area contributed by atoms with Gasteiger partial charge in [-0.25, -0.2) is 0 Å². The predicted octanol–water partition coefficient (Wildman–Crippen LogP) is 3.86. The number of benzene rings is 2. The Morgan fingerprint density at radius 2 is 1.92 bits per heavy atom. The van der Waals surface area contributed by atoms with Gasteiger partial charge in [-0.3, -0.25) is 14.4 Å². The summed E-state index contributed by atoms with van der Waals surface area (Å²) >= 11 is 0. The van der Waals surface area contributed by atoms with Gasteiger partial charge in [0.25, 0.3) is 11.8 Å². The largest absolute Gasteiger partial charge is 0.490 e. The molecule has 2 N–H and O–H groups in total. The molecule has 37 heavy (non-hydrogen) atoms. The van der Waals surface area contributed by atoms with Crippen molar-refractivity contribution in [3.05, 3.63) is 59.2 Å². The highest BCUT2D eigenvalue weighted by molar-refractivity contribution is 6.05. The molecule has 0 unspecified atom stereocenters. The molecule has 2 heterocycles. The van der Waals surface area contributed by atoms with E-state index in [1.165, 1.54) is 24.3 Å². The average molecular weight is 520 g/mol. The van der Waals surface area contributed by atoms with E-state index in [2.05, 4.69) is 10.6 Å². The molecule has 0 bridgehead atoms. The molecule has 0 aliphatic carbocycles. The maximum Gasteiger partial charge on any atom is 0.416 e. The Bertz CT molecular complexity index is 1190. The Hall–Kier alpha value is -3.60. The quantitative estimate of drug-likeness (QED) is 0.626. The van der Waals surface area contributed by atoms with Crippen LogP contribution in [0.25, 0.3) is 0 Å². The van der Waals surface area contributed by atoms with Gasteiger partial charge in [-0.15, -0.1) is 0 Å². The minimum Gasteiger partial charge on any atom is -0.490 e. The fourth-order valence-electron chi connectivity index (χ4n) is 4.62. The normalized spacial score (nSPS) is 21.6. The van der Waals surface area contributed by atoms with E-state index < -0.39 is 23.8 Å². The molecule has 0 spiro atoms. The zero-order valence-electron chi connectivity index (χ0n) is 20.4. The summed E-state index contributed by atoms with van der Waals surface area (Å²) in [5.41, 5.74) is -0.635. The SMILES string of the molecule is CCNC(=O)C[C@H]1CC[C@H]2[C@H](COc3ccc(NC(=O)c4cccc(C(F)(F)F)c4)cc3C(=O)N2C)O1. The summed E-state index contributed by atoms with van der Waals surface area (Å²) in [5, 5.41) is 5.31. The highest BCUT2D eigenvalue weighted by Crippen LogP contribution is 2.33. The molecular weight excluding hydrogens is 491 g/mol. The number of likely N-dealkylation sites (N-methyl/N-ethyl adjacent to an activating group) is 1. The van der Waals surface area contributed by atoms with Crippen LogP contribution < -0.4 is 15.4 Å². The van der Waals surface area contributed by atoms with Crippen molar-refractivity contribution in [2.45, 2.75) is 50.6 Å². The van der Waals surface area contributed by atoms with E-state index in [1.807, 2.05) is 6.92 Å². The molecule has 198 valence electrons. The number of fused-ring (bicyclic) bond motifs is 2. The van der Waals surface area contributed by atoms with E-state index in [0.717, 1.165) is 18.2 Å². The minimum absolute atomic E-state index is 0.0906. The number of alkyl halides is 3. The first-order valence-electron chi connectivity index (χ1n) is 12.0. The molecule has 3 atom stereocenters. The van der Waals surface area contributed by atoms with Crippen molar-refractivity contribution in [2.24, 2.45) is 0 Å². The molecule has 2 aliphatic heterocycles. The van der Waals surface area contributed by atoms with Crippen LogP contribution >= 0.6 is 0 Å². The van der Waals surface area contributed by atoms with Crippen molar-refractivity contribution < 1.29 is 37.0 Å². The smallest absolute Gasteiger partial charge is 0.416 e. The molecule has 2 aliphatic rings. The van der Waals surface area contributed by atoms with E-state index in [1.54, 1.807) is 11.9 Å². The molecule has 0 saturated carbocycles. The van der Waals surface area contributed by atoms with Gasteiger partial charge in [-0.2, -0.15) is 13.2 Å². The maximum atomic E-state index is 13.3. The number of rotatable bonds is 5. The number of ether oxygens (including phenoxy) is 2. The van der Waals surface area contributed by atoms with E-state index in [4.69, 9.17) is 9.47 Å². The van der Waals surface area contributed by atoms with Gasteiger partial charge in [0.2, 0.25) is 5.91 Å². The summed E-state index contributed by atoms with van der Waals surface area (Å²) in [4.78, 5) is 39.5. The second-order valence-corrected chi connectivity index (χ2v) is 9.07. The highest BCUT2D eigenvalue weighted by atomic mass is 19.4. The monoisotopic (exact) mass is 519 g/mol. The Balaban J connectivity index is 1.49. The maximum absolute atomic E-state index is 13.3. The number of nitrogens with zero attached hydrogens (tertiary/aromatic N) is 1. The first kappa shape index (κ1) is 26.5. The molecule has 2 aromatic carbocycles. The zero-order chi connectivity index (χ0) is 26.7. The molecule has 2 aromatic rings. The van der Waals surface area contributed by atoms with Crippen molar-refractivity contribution in [1.29, 1.82) is 0 Å². The van der Waals surface area contributed by atoms with Gasteiger partial charge in [0.1, 0.15) is 18.5 Å². The van der Waals surface area contributed by atoms with E-state index in [-0.39, 0.29) is 53.8 Å². The molecule has 1 saturated heterocycles. The lowest BCUT2D eigenvalue weighted by Crippen LogP contribution is -2.54. The molecular formula is C26H28F3N3O5. The van der Waals surface area contributed by atoms with Crippen molar-refractivity contribution in [3.8, 4) is 5.75 Å². The summed E-state index contributed by atoms with van der Waals surface area (Å²) in [5.74, 6) is -0.878. The topological polar surface area (TPSA) is 97.0 Å². The molecule has 1 fully saturated rings. The zero-order valence-corrected chi connectivity index (χ0v) is 20.4. The van der Waals surface area contributed by atoms with Crippen molar-refractivity contribution in [1.82, 2.24) is 10.2 Å². The van der Waals surface area contributed by atoms with Crippen molar-refractivity contribution in [3.63, 3.8) is 0 Å². The van der Waals surface area contributed by atoms with Crippen molar-refractivity contribution >= 4 is 23.4 Å². The molecule has 3 amide bonds. The second-order valence-electron chi connectivity index (χ2n) is 9.07. The first-order chi connectivity index (χ1) is 17.6. The summed E-state index contributed by atoms with van der Waals surface area (Å²) in [6, 6.07) is 8.31. The van der Waals surface area contributed by atoms with Crippen LogP contribution in [0, 0.1) is 0 Å². The Kier molecular flexibility index (Phi) is 7.72. The van der Waals surface area contributed by atoms with Crippen LogP contribution in [0.4, 0.5) is 18.9 Å². The number of hydrogen-bond acceptors (Lipinski definition) is 5. The minimum atomic E-state index is -4.57. The third-order valence-corrected chi connectivity index (χ3v) is 6.51. The molecule has 0 radical (unpaired) electrons. The molecule has 8 nitrogen and oxygen atoms in total. The standard InChI is InChI=1S/C26H28F3N3O5/c1-3-30-23(33)13-18-8-9-20-22(37-18)14-36-21-10-7-17(12-19(21)25(35)32(20)2)31-24(34)15-5-4-6-16(11-15)26(27,28)29/h4-7,10-12,18,20,22H,3,8-9,13-14H2,1-2H3,(H,30,33)(H,31,34)/t18-,20+,22+/m1/s1. The third kappa shape index (κ3) is 6.04. The Morgan fingerprint density at radius 1 is 1.14 bits per heavy atom. The van der Waals surface area contributed by atoms with Crippen LogP contribution in [-0.4, -0.2) is 61.1 Å². The summed E-state index contributed by atoms with van der Waals surface area (Å²) in [7, 11) is 1.66. The van der Waals surface area contributed by atoms with Gasteiger partial charge in [0, 0.05) is 24.8 Å². The summed E-state index contributed by atoms with van der Waals surface area (Å²) in [6.45, 7) is 2.55. The van der Waals surface area contributed by atoms with Crippen LogP contribution in [0.3, 0.4) is 0 Å². The fraction of sp³-hybridized carbons (Fsp3) is 0.423. The molecule has 11 heteroatoms. The lowest BCUT2D eigenvalue weighted by molar-refractivity contribution is -0.137. The number of hydrogen-bond donors (Lipinski definition) is 2. The van der Waals surface area contributed by atoms with E-state index in [0.29, 0.717) is 25.1 Å². The van der Waals surface area contributed by atoms with Crippen LogP contribution in [0.1, 0.15) is 52.5 Å². The molecule has 0 aromatic heterocycles. The molecule has 4 rings (SSSR count). The average Bonchev–Trinajstić information content (AvgIpc) is 2.86. The number of anilines is 1. The number of carbonyl (C=O) groups is 3. The van der Waals surface area contributed by atoms with Crippen molar-refractivity contribution in [2.75, 3.05) is 25.5 Å². The second kappa shape index (κ2) is 10.8. The number of nitrogens with one attached hydrogen (secondary N) is 2. The van der Waals surface area contributed by atoms with Gasteiger partial charge in [-0.1, -0.05) is 6.07 Å². The fourth-order valence-corrected chi connectivity index (χ4v) is 4.62. The van der Waals surface area contributed by atoms with Gasteiger partial charge in [0.15, 0.2) is 0 Å². The van der Waals surface area contributed by atoms with Gasteiger partial charge >= 0.3 is 6.18 Å². The Labute approximate surface area is 212 Å². The van der Waals surface area contributed by atoms with Gasteiger partial charge in [-0.05, 0) is 56.2 Å². The van der Waals surface area contributed by atoms with E-state index >= 15 is 0 Å². The lowest BCUT2D eigenvalue weighted by Gasteiger charge is -2.42. The van der Waals surface area contributed by atoms with E-state index in [9.17, 15) is 27.6 Å². The van der Waals surface area contributed by atoms with Gasteiger partial charge < -0.3 is 25.0 Å². The van der Waals surface area contributed by atoms with Gasteiger partial charge in [0.05, 0.1) is 29.7 Å². The lowest BCUT2D eigenvalue weighted by atomic mass is 9.94. The van der Waals surface area contributed by atoms with Crippen LogP contribution in [-0.2, 0) is 15.7 Å². The van der Waals surface area contributed by atoms with Crippen LogP contribution in [0.5, 0.6) is 5.75 Å². The highest BCUT2D eigenvalue weighted by Gasteiger charge is 2.39. The number of amides is 3. The number of halogens is 3. The number of carbonyl (C=O) groups excluding carboxylic acids is 3. The van der Waals surface area contributed by atoms with Crippen LogP contribution in [0.15, 0.2) is 42.5 Å². The predicted molar refractivity (Wildman–Crippen MR) is 128 cm³/mol. The summed E-state index contributed by atoms with van der Waals surface area (Å²) < 4.78 is 51.1. The summed E-state index contributed by atoms with van der Waals surface area (Å²) in [6.07, 6.45) is -3.80. The van der Waals surface area contributed by atoms with Crippen LogP contribution in [0.2, 0.25) is 0 Å².